The molecule has 2 aliphatic rings. The summed E-state index contributed by atoms with van der Waals surface area (Å²) in [5, 5.41) is 13.4. The standard InChI is InChI=1S/C13H27N3O/c1-11-9-15(2)6-3-7-16(11)10-13(17)8-14-12-4-5-12/h11-14,17H,3-10H2,1-2H3. The van der Waals surface area contributed by atoms with Crippen LogP contribution < -0.4 is 5.32 Å². The maximum absolute atomic E-state index is 10.0. The second kappa shape index (κ2) is 6.14. The number of aliphatic hydroxyl groups is 1. The Morgan fingerprint density at radius 3 is 2.82 bits per heavy atom. The fourth-order valence-corrected chi connectivity index (χ4v) is 2.62. The summed E-state index contributed by atoms with van der Waals surface area (Å²) >= 11 is 0. The first-order chi connectivity index (χ1) is 8.15. The lowest BCUT2D eigenvalue weighted by molar-refractivity contribution is 0.0910. The monoisotopic (exact) mass is 241 g/mol. The molecule has 2 unspecified atom stereocenters. The van der Waals surface area contributed by atoms with Crippen molar-refractivity contribution in [2.24, 2.45) is 0 Å². The molecule has 1 saturated heterocycles. The van der Waals surface area contributed by atoms with Crippen LogP contribution in [0.2, 0.25) is 0 Å². The molecule has 0 aromatic rings. The summed E-state index contributed by atoms with van der Waals surface area (Å²) in [7, 11) is 2.19. The van der Waals surface area contributed by atoms with Crippen LogP contribution in [-0.2, 0) is 0 Å². The smallest absolute Gasteiger partial charge is 0.0791 e. The Balaban J connectivity index is 1.71. The molecule has 4 heteroatoms. The second-order valence-electron chi connectivity index (χ2n) is 5.80. The third-order valence-electron chi connectivity index (χ3n) is 3.85. The summed E-state index contributed by atoms with van der Waals surface area (Å²) in [6.45, 7) is 7.24. The van der Waals surface area contributed by atoms with Gasteiger partial charge in [-0.2, -0.15) is 0 Å². The maximum atomic E-state index is 10.0. The van der Waals surface area contributed by atoms with E-state index in [2.05, 4.69) is 29.1 Å². The van der Waals surface area contributed by atoms with E-state index >= 15 is 0 Å². The number of aliphatic hydroxyl groups excluding tert-OH is 1. The minimum absolute atomic E-state index is 0.221. The number of nitrogens with zero attached hydrogens (tertiary/aromatic N) is 2. The molecule has 0 aromatic heterocycles. The van der Waals surface area contributed by atoms with Gasteiger partial charge in [0.15, 0.2) is 0 Å². The van der Waals surface area contributed by atoms with Crippen molar-refractivity contribution in [2.75, 3.05) is 39.8 Å². The van der Waals surface area contributed by atoms with Gasteiger partial charge in [-0.05, 0) is 46.3 Å². The van der Waals surface area contributed by atoms with Crippen LogP contribution in [0.5, 0.6) is 0 Å². The van der Waals surface area contributed by atoms with E-state index in [1.54, 1.807) is 0 Å². The van der Waals surface area contributed by atoms with E-state index in [1.807, 2.05) is 0 Å². The first kappa shape index (κ1) is 13.3. The third kappa shape index (κ3) is 4.54. The number of β-amino-alcohol motifs (C(OH)–C–C–N with tert-alkyl or cyclic N) is 1. The molecule has 2 rings (SSSR count). The van der Waals surface area contributed by atoms with Crippen LogP contribution in [0.4, 0.5) is 0 Å². The maximum Gasteiger partial charge on any atom is 0.0791 e. The largest absolute Gasteiger partial charge is 0.390 e. The molecule has 0 aromatic carbocycles. The molecule has 1 aliphatic heterocycles. The zero-order valence-electron chi connectivity index (χ0n) is 11.2. The number of hydrogen-bond acceptors (Lipinski definition) is 4. The summed E-state index contributed by atoms with van der Waals surface area (Å²) in [6.07, 6.45) is 3.57. The molecule has 17 heavy (non-hydrogen) atoms. The van der Waals surface area contributed by atoms with Crippen molar-refractivity contribution in [1.29, 1.82) is 0 Å². The van der Waals surface area contributed by atoms with Crippen molar-refractivity contribution < 1.29 is 5.11 Å². The molecule has 1 aliphatic carbocycles. The topological polar surface area (TPSA) is 38.7 Å². The Labute approximate surface area is 105 Å². The number of hydrogen-bond donors (Lipinski definition) is 2. The molecule has 2 N–H and O–H groups in total. The first-order valence-electron chi connectivity index (χ1n) is 6.99. The number of rotatable bonds is 5. The van der Waals surface area contributed by atoms with Crippen molar-refractivity contribution in [3.05, 3.63) is 0 Å². The van der Waals surface area contributed by atoms with Crippen LogP contribution in [0.1, 0.15) is 26.2 Å². The summed E-state index contributed by atoms with van der Waals surface area (Å²) < 4.78 is 0. The van der Waals surface area contributed by atoms with Gasteiger partial charge in [0.05, 0.1) is 6.10 Å². The fourth-order valence-electron chi connectivity index (χ4n) is 2.62. The third-order valence-corrected chi connectivity index (χ3v) is 3.85. The number of nitrogens with one attached hydrogen (secondary N) is 1. The van der Waals surface area contributed by atoms with Gasteiger partial charge in [0, 0.05) is 31.7 Å². The normalized spacial score (nSPS) is 30.2. The molecule has 4 nitrogen and oxygen atoms in total. The molecule has 100 valence electrons. The van der Waals surface area contributed by atoms with Crippen LogP contribution in [-0.4, -0.2) is 72.9 Å². The van der Waals surface area contributed by atoms with Gasteiger partial charge >= 0.3 is 0 Å². The van der Waals surface area contributed by atoms with E-state index < -0.39 is 0 Å². The van der Waals surface area contributed by atoms with Crippen LogP contribution in [0.15, 0.2) is 0 Å². The van der Waals surface area contributed by atoms with Crippen LogP contribution in [0, 0.1) is 0 Å². The molecule has 0 radical (unpaired) electrons. The quantitative estimate of drug-likeness (QED) is 0.717. The van der Waals surface area contributed by atoms with E-state index in [4.69, 9.17) is 0 Å². The highest BCUT2D eigenvalue weighted by Crippen LogP contribution is 2.18. The highest BCUT2D eigenvalue weighted by molar-refractivity contribution is 4.83. The molecule has 0 bridgehead atoms. The van der Waals surface area contributed by atoms with Gasteiger partial charge in [-0.25, -0.2) is 0 Å². The van der Waals surface area contributed by atoms with Gasteiger partial charge in [0.2, 0.25) is 0 Å². The molecule has 2 fully saturated rings. The first-order valence-corrected chi connectivity index (χ1v) is 6.99. The Kier molecular flexibility index (Phi) is 4.79. The van der Waals surface area contributed by atoms with Gasteiger partial charge < -0.3 is 15.3 Å². The summed E-state index contributed by atoms with van der Waals surface area (Å²) in [4.78, 5) is 4.82. The zero-order chi connectivity index (χ0) is 12.3. The van der Waals surface area contributed by atoms with Crippen molar-refractivity contribution in [1.82, 2.24) is 15.1 Å². The minimum Gasteiger partial charge on any atom is -0.390 e. The number of likely N-dealkylation sites (N-methyl/N-ethyl adjacent to an activating group) is 1. The van der Waals surface area contributed by atoms with E-state index in [9.17, 15) is 5.11 Å². The molecule has 2 atom stereocenters. The van der Waals surface area contributed by atoms with Crippen molar-refractivity contribution >= 4 is 0 Å². The molecule has 0 amide bonds. The van der Waals surface area contributed by atoms with Crippen molar-refractivity contribution in [2.45, 2.75) is 44.4 Å². The van der Waals surface area contributed by atoms with Crippen LogP contribution in [0.25, 0.3) is 0 Å². The predicted octanol–water partition coefficient (Wildman–Crippen LogP) is 0.125. The summed E-state index contributed by atoms with van der Waals surface area (Å²) in [5.74, 6) is 0. The van der Waals surface area contributed by atoms with Gasteiger partial charge in [0.25, 0.3) is 0 Å². The SMILES string of the molecule is CC1CN(C)CCCN1CC(O)CNC1CC1. The second-order valence-corrected chi connectivity index (χ2v) is 5.80. The van der Waals surface area contributed by atoms with E-state index in [0.29, 0.717) is 12.1 Å². The average Bonchev–Trinajstić information content (AvgIpc) is 3.08. The predicted molar refractivity (Wildman–Crippen MR) is 70.2 cm³/mol. The Hall–Kier alpha value is -0.160. The lowest BCUT2D eigenvalue weighted by atomic mass is 10.2. The van der Waals surface area contributed by atoms with Crippen LogP contribution in [0.3, 0.4) is 0 Å². The molecule has 1 heterocycles. The van der Waals surface area contributed by atoms with E-state index in [1.165, 1.54) is 25.8 Å². The highest BCUT2D eigenvalue weighted by Gasteiger charge is 2.24. The van der Waals surface area contributed by atoms with E-state index in [0.717, 1.165) is 26.2 Å². The lowest BCUT2D eigenvalue weighted by Gasteiger charge is -2.29. The fraction of sp³-hybridized carbons (Fsp3) is 1.00. The van der Waals surface area contributed by atoms with Gasteiger partial charge in [0.1, 0.15) is 0 Å². The molecule has 1 saturated carbocycles. The van der Waals surface area contributed by atoms with Crippen molar-refractivity contribution in [3.63, 3.8) is 0 Å². The van der Waals surface area contributed by atoms with Gasteiger partial charge in [-0.1, -0.05) is 0 Å². The highest BCUT2D eigenvalue weighted by atomic mass is 16.3. The van der Waals surface area contributed by atoms with Gasteiger partial charge in [-0.3, -0.25) is 4.90 Å². The van der Waals surface area contributed by atoms with E-state index in [-0.39, 0.29) is 6.10 Å². The Morgan fingerprint density at radius 1 is 1.35 bits per heavy atom. The van der Waals surface area contributed by atoms with Crippen LogP contribution >= 0.6 is 0 Å². The molecular formula is C13H27N3O. The lowest BCUT2D eigenvalue weighted by Crippen LogP contribution is -2.44. The Bertz CT molecular complexity index is 233. The van der Waals surface area contributed by atoms with Gasteiger partial charge in [-0.15, -0.1) is 0 Å². The Morgan fingerprint density at radius 2 is 2.12 bits per heavy atom. The molecular weight excluding hydrogens is 214 g/mol. The average molecular weight is 241 g/mol. The zero-order valence-corrected chi connectivity index (χ0v) is 11.2. The summed E-state index contributed by atoms with van der Waals surface area (Å²) in [6, 6.07) is 1.25. The molecule has 0 spiro atoms. The van der Waals surface area contributed by atoms with Crippen molar-refractivity contribution in [3.8, 4) is 0 Å². The minimum atomic E-state index is -0.221. The summed E-state index contributed by atoms with van der Waals surface area (Å²) in [5.41, 5.74) is 0.